The molecule has 1 N–H and O–H groups in total. The molecule has 0 radical (unpaired) electrons. The van der Waals surface area contributed by atoms with Crippen molar-refractivity contribution in [3.63, 3.8) is 0 Å². The van der Waals surface area contributed by atoms with Crippen LogP contribution in [0.15, 0.2) is 53.6 Å². The Morgan fingerprint density at radius 3 is 2.63 bits per heavy atom. The van der Waals surface area contributed by atoms with E-state index in [0.29, 0.717) is 22.0 Å². The Morgan fingerprint density at radius 1 is 1.23 bits per heavy atom. The first-order valence-corrected chi connectivity index (χ1v) is 9.62. The molecule has 9 heteroatoms. The summed E-state index contributed by atoms with van der Waals surface area (Å²) in [6.45, 7) is 1.76. The molecule has 2 aliphatic rings. The van der Waals surface area contributed by atoms with Crippen molar-refractivity contribution in [1.82, 2.24) is 5.43 Å². The Labute approximate surface area is 177 Å². The second-order valence-electron chi connectivity index (χ2n) is 6.76. The largest absolute Gasteiger partial charge is 0.497 e. The maximum absolute atomic E-state index is 13.7. The summed E-state index contributed by atoms with van der Waals surface area (Å²) < 4.78 is 10.3. The number of halogens is 1. The third kappa shape index (κ3) is 2.83. The van der Waals surface area contributed by atoms with Crippen molar-refractivity contribution >= 4 is 40.8 Å². The molecule has 4 rings (SSSR count). The van der Waals surface area contributed by atoms with Gasteiger partial charge >= 0.3 is 5.97 Å². The minimum atomic E-state index is -1.58. The second kappa shape index (κ2) is 7.46. The Balaban J connectivity index is 1.86. The molecule has 0 bridgehead atoms. The highest BCUT2D eigenvalue weighted by Gasteiger charge is 2.67. The summed E-state index contributed by atoms with van der Waals surface area (Å²) >= 11 is 6.00. The van der Waals surface area contributed by atoms with E-state index in [0.717, 1.165) is 4.90 Å². The molecule has 0 unspecified atom stereocenters. The van der Waals surface area contributed by atoms with E-state index in [1.54, 1.807) is 55.5 Å². The van der Waals surface area contributed by atoms with Gasteiger partial charge in [-0.15, -0.1) is 0 Å². The van der Waals surface area contributed by atoms with Gasteiger partial charge in [-0.2, -0.15) is 5.10 Å². The number of anilines is 1. The van der Waals surface area contributed by atoms with E-state index < -0.39 is 29.2 Å². The molecule has 0 aromatic heterocycles. The van der Waals surface area contributed by atoms with Gasteiger partial charge in [-0.3, -0.25) is 15.0 Å². The van der Waals surface area contributed by atoms with Crippen molar-refractivity contribution in [1.29, 1.82) is 0 Å². The number of fused-ring (bicyclic) bond motifs is 1. The molecule has 2 aromatic carbocycles. The zero-order valence-corrected chi connectivity index (χ0v) is 17.0. The third-order valence-electron chi connectivity index (χ3n) is 5.16. The Hall–Kier alpha value is -3.39. The number of nitrogens with one attached hydrogen (secondary N) is 1. The first-order valence-electron chi connectivity index (χ1n) is 9.24. The number of hydrazone groups is 1. The zero-order valence-electron chi connectivity index (χ0n) is 16.2. The molecule has 8 nitrogen and oxygen atoms in total. The molecule has 2 amide bonds. The van der Waals surface area contributed by atoms with Crippen LogP contribution in [0.3, 0.4) is 0 Å². The van der Waals surface area contributed by atoms with Crippen molar-refractivity contribution in [3.05, 3.63) is 59.1 Å². The lowest BCUT2D eigenvalue weighted by Gasteiger charge is -2.26. The van der Waals surface area contributed by atoms with Crippen LogP contribution in [0.2, 0.25) is 5.02 Å². The van der Waals surface area contributed by atoms with Crippen LogP contribution in [0.25, 0.3) is 0 Å². The lowest BCUT2D eigenvalue weighted by molar-refractivity contribution is -0.136. The van der Waals surface area contributed by atoms with Gasteiger partial charge in [-0.25, -0.2) is 9.69 Å². The monoisotopic (exact) mass is 427 g/mol. The molecule has 2 aromatic rings. The van der Waals surface area contributed by atoms with Crippen LogP contribution in [-0.4, -0.2) is 37.2 Å². The summed E-state index contributed by atoms with van der Waals surface area (Å²) in [5.41, 5.74) is 1.84. The number of rotatable bonds is 5. The highest BCUT2D eigenvalue weighted by Crippen LogP contribution is 2.45. The summed E-state index contributed by atoms with van der Waals surface area (Å²) in [5, 5.41) is 4.51. The van der Waals surface area contributed by atoms with Crippen molar-refractivity contribution in [2.45, 2.75) is 12.5 Å². The number of imide groups is 1. The number of benzene rings is 2. The predicted octanol–water partition coefficient (Wildman–Crippen LogP) is 2.26. The number of carbonyl (C=O) groups is 3. The summed E-state index contributed by atoms with van der Waals surface area (Å²) in [4.78, 5) is 40.7. The zero-order chi connectivity index (χ0) is 21.5. The van der Waals surface area contributed by atoms with Crippen LogP contribution < -0.4 is 15.1 Å². The van der Waals surface area contributed by atoms with E-state index in [2.05, 4.69) is 10.5 Å². The summed E-state index contributed by atoms with van der Waals surface area (Å²) in [7, 11) is 1.49. The highest BCUT2D eigenvalue weighted by molar-refractivity contribution is 6.47. The maximum atomic E-state index is 13.7. The van der Waals surface area contributed by atoms with Crippen molar-refractivity contribution in [2.75, 3.05) is 18.6 Å². The Bertz CT molecular complexity index is 1070. The van der Waals surface area contributed by atoms with Gasteiger partial charge in [0.15, 0.2) is 11.3 Å². The van der Waals surface area contributed by atoms with Crippen LogP contribution >= 0.6 is 11.6 Å². The molecule has 2 aliphatic heterocycles. The van der Waals surface area contributed by atoms with E-state index in [4.69, 9.17) is 21.1 Å². The standard InChI is InChI=1S/C21H18ClN3O5/c1-3-30-19(27)17-16-18(26)25(14-5-4-6-15(11-14)29-2)20(28)21(16,24-23-17)12-7-9-13(22)10-8-12/h4-11,16,24H,3H2,1-2H3/t16-,21+/m0/s1. The highest BCUT2D eigenvalue weighted by atomic mass is 35.5. The molecule has 1 fully saturated rings. The number of nitrogens with zero attached hydrogens (tertiary/aromatic N) is 2. The number of ether oxygens (including phenoxy) is 2. The van der Waals surface area contributed by atoms with Crippen LogP contribution in [0.4, 0.5) is 5.69 Å². The average molecular weight is 428 g/mol. The van der Waals surface area contributed by atoms with Crippen LogP contribution in [0.5, 0.6) is 5.75 Å². The topological polar surface area (TPSA) is 97.3 Å². The number of amides is 2. The fourth-order valence-electron chi connectivity index (χ4n) is 3.79. The van der Waals surface area contributed by atoms with E-state index >= 15 is 0 Å². The second-order valence-corrected chi connectivity index (χ2v) is 7.19. The van der Waals surface area contributed by atoms with Gasteiger partial charge in [-0.05, 0) is 36.8 Å². The number of hydrogen-bond acceptors (Lipinski definition) is 7. The predicted molar refractivity (Wildman–Crippen MR) is 109 cm³/mol. The van der Waals surface area contributed by atoms with E-state index in [1.807, 2.05) is 0 Å². The molecule has 2 heterocycles. The fourth-order valence-corrected chi connectivity index (χ4v) is 3.92. The lowest BCUT2D eigenvalue weighted by Crippen LogP contribution is -2.48. The first-order chi connectivity index (χ1) is 14.4. The van der Waals surface area contributed by atoms with Gasteiger partial charge in [0.1, 0.15) is 11.7 Å². The normalized spacial score (nSPS) is 22.4. The average Bonchev–Trinajstić information content (AvgIpc) is 3.25. The fraction of sp³-hybridized carbons (Fsp3) is 0.238. The van der Waals surface area contributed by atoms with Gasteiger partial charge in [0.25, 0.3) is 5.91 Å². The Kier molecular flexibility index (Phi) is 4.95. The van der Waals surface area contributed by atoms with Gasteiger partial charge in [0.05, 0.1) is 19.4 Å². The third-order valence-corrected chi connectivity index (χ3v) is 5.41. The smallest absolute Gasteiger partial charge is 0.355 e. The van der Waals surface area contributed by atoms with Crippen molar-refractivity contribution in [2.24, 2.45) is 11.0 Å². The molecule has 0 aliphatic carbocycles. The Morgan fingerprint density at radius 2 is 1.97 bits per heavy atom. The molecule has 0 saturated carbocycles. The maximum Gasteiger partial charge on any atom is 0.355 e. The van der Waals surface area contributed by atoms with Crippen LogP contribution in [0, 0.1) is 5.92 Å². The van der Waals surface area contributed by atoms with Crippen molar-refractivity contribution < 1.29 is 23.9 Å². The number of carbonyl (C=O) groups excluding carboxylic acids is 3. The molecule has 30 heavy (non-hydrogen) atoms. The van der Waals surface area contributed by atoms with Gasteiger partial charge < -0.3 is 9.47 Å². The minimum Gasteiger partial charge on any atom is -0.497 e. The SMILES string of the molecule is CCOC(=O)C1=NN[C@@]2(c3ccc(Cl)cc3)C(=O)N(c3cccc(OC)c3)C(=O)[C@H]12. The van der Waals surface area contributed by atoms with Crippen molar-refractivity contribution in [3.8, 4) is 5.75 Å². The minimum absolute atomic E-state index is 0.111. The van der Waals surface area contributed by atoms with Crippen LogP contribution in [0.1, 0.15) is 12.5 Å². The summed E-state index contributed by atoms with van der Waals surface area (Å²) in [6, 6.07) is 13.1. The first kappa shape index (κ1) is 19.9. The van der Waals surface area contributed by atoms with Crippen LogP contribution in [-0.2, 0) is 24.7 Å². The van der Waals surface area contributed by atoms with Gasteiger partial charge in [0, 0.05) is 11.1 Å². The van der Waals surface area contributed by atoms with Gasteiger partial charge in [-0.1, -0.05) is 29.8 Å². The molecule has 1 saturated heterocycles. The van der Waals surface area contributed by atoms with Gasteiger partial charge in [0.2, 0.25) is 5.91 Å². The lowest BCUT2D eigenvalue weighted by atomic mass is 9.79. The number of methoxy groups -OCH3 is 1. The van der Waals surface area contributed by atoms with E-state index in [-0.39, 0.29) is 12.3 Å². The molecular weight excluding hydrogens is 410 g/mol. The number of esters is 1. The summed E-state index contributed by atoms with van der Waals surface area (Å²) in [6.07, 6.45) is 0. The molecule has 2 atom stereocenters. The molecular formula is C21H18ClN3O5. The molecule has 0 spiro atoms. The van der Waals surface area contributed by atoms with E-state index in [1.165, 1.54) is 7.11 Å². The molecule has 154 valence electrons. The quantitative estimate of drug-likeness (QED) is 0.580. The summed E-state index contributed by atoms with van der Waals surface area (Å²) in [5.74, 6) is -2.59. The van der Waals surface area contributed by atoms with E-state index in [9.17, 15) is 14.4 Å². The number of hydrogen-bond donors (Lipinski definition) is 1.